The van der Waals surface area contributed by atoms with Crippen molar-refractivity contribution < 1.29 is 19.5 Å². The minimum atomic E-state index is -1.02. The molecule has 1 heterocycles. The second kappa shape index (κ2) is 8.03. The zero-order valence-corrected chi connectivity index (χ0v) is 15.2. The summed E-state index contributed by atoms with van der Waals surface area (Å²) in [5.41, 5.74) is 3.45. The van der Waals surface area contributed by atoms with Gasteiger partial charge in [0.25, 0.3) is 0 Å². The lowest BCUT2D eigenvalue weighted by Crippen LogP contribution is -2.35. The first-order chi connectivity index (χ1) is 13.0. The molecule has 27 heavy (non-hydrogen) atoms. The average molecular weight is 366 g/mol. The molecule has 0 fully saturated rings. The molecule has 2 N–H and O–H groups in total. The first-order valence-corrected chi connectivity index (χ1v) is 9.03. The fraction of sp³-hybridized carbons (Fsp3) is 0.286. The van der Waals surface area contributed by atoms with Gasteiger partial charge in [0.05, 0.1) is 12.0 Å². The van der Waals surface area contributed by atoms with Gasteiger partial charge in [0.15, 0.2) is 0 Å². The molecule has 6 heteroatoms. The molecule has 140 valence electrons. The zero-order chi connectivity index (χ0) is 19.4. The van der Waals surface area contributed by atoms with Crippen LogP contribution in [0.1, 0.15) is 41.3 Å². The first-order valence-electron chi connectivity index (χ1n) is 9.03. The van der Waals surface area contributed by atoms with E-state index in [4.69, 9.17) is 5.11 Å². The number of hydrogen-bond donors (Lipinski definition) is 2. The maximum atomic E-state index is 12.3. The van der Waals surface area contributed by atoms with E-state index >= 15 is 0 Å². The molecular formula is C21H22N2O4. The summed E-state index contributed by atoms with van der Waals surface area (Å²) in [4.78, 5) is 37.3. The Balaban J connectivity index is 1.71. The molecule has 2 aromatic rings. The summed E-state index contributed by atoms with van der Waals surface area (Å²) in [6.07, 6.45) is 2.13. The van der Waals surface area contributed by atoms with E-state index in [1.165, 1.54) is 12.1 Å². The molecule has 0 aliphatic carbocycles. The van der Waals surface area contributed by atoms with Crippen LogP contribution >= 0.6 is 0 Å². The van der Waals surface area contributed by atoms with Crippen LogP contribution in [0.15, 0.2) is 42.5 Å². The SMILES string of the molecule is CCCN1C(=O)CCc2cc(NC(=O)Cc3cccc(C(=O)O)c3)ccc21. The first kappa shape index (κ1) is 18.6. The molecule has 0 spiro atoms. The Hall–Kier alpha value is -3.15. The van der Waals surface area contributed by atoms with Gasteiger partial charge in [-0.25, -0.2) is 4.79 Å². The molecule has 6 nitrogen and oxygen atoms in total. The maximum Gasteiger partial charge on any atom is 0.335 e. The highest BCUT2D eigenvalue weighted by Gasteiger charge is 2.23. The van der Waals surface area contributed by atoms with Crippen molar-refractivity contribution in [2.24, 2.45) is 0 Å². The largest absolute Gasteiger partial charge is 0.478 e. The third-order valence-corrected chi connectivity index (χ3v) is 4.55. The standard InChI is InChI=1S/C21H22N2O4/c1-2-10-23-18-8-7-17(13-15(18)6-9-20(23)25)22-19(24)12-14-4-3-5-16(11-14)21(26)27/h3-5,7-8,11,13H,2,6,9-10,12H2,1H3,(H,22,24)(H,26,27). The Morgan fingerprint density at radius 2 is 1.96 bits per heavy atom. The summed E-state index contributed by atoms with van der Waals surface area (Å²) in [6, 6.07) is 11.9. The van der Waals surface area contributed by atoms with Gasteiger partial charge in [0.2, 0.25) is 11.8 Å². The number of anilines is 2. The monoisotopic (exact) mass is 366 g/mol. The van der Waals surface area contributed by atoms with Crippen LogP contribution in [0.25, 0.3) is 0 Å². The molecule has 0 radical (unpaired) electrons. The van der Waals surface area contributed by atoms with Gasteiger partial charge in [-0.1, -0.05) is 19.1 Å². The van der Waals surface area contributed by atoms with Gasteiger partial charge in [-0.2, -0.15) is 0 Å². The number of carboxylic acid groups (broad SMARTS) is 1. The third-order valence-electron chi connectivity index (χ3n) is 4.55. The van der Waals surface area contributed by atoms with Crippen LogP contribution in [0.4, 0.5) is 11.4 Å². The topological polar surface area (TPSA) is 86.7 Å². The highest BCUT2D eigenvalue weighted by molar-refractivity contribution is 5.98. The van der Waals surface area contributed by atoms with E-state index in [0.29, 0.717) is 30.6 Å². The van der Waals surface area contributed by atoms with Gasteiger partial charge in [-0.15, -0.1) is 0 Å². The van der Waals surface area contributed by atoms with E-state index in [9.17, 15) is 14.4 Å². The number of aromatic carboxylic acids is 1. The van der Waals surface area contributed by atoms with Gasteiger partial charge in [0, 0.05) is 24.3 Å². The van der Waals surface area contributed by atoms with Crippen molar-refractivity contribution in [3.8, 4) is 0 Å². The summed E-state index contributed by atoms with van der Waals surface area (Å²) in [6.45, 7) is 2.73. The number of aryl methyl sites for hydroxylation is 1. The Labute approximate surface area is 157 Å². The van der Waals surface area contributed by atoms with Crippen LogP contribution in [-0.2, 0) is 22.4 Å². The van der Waals surface area contributed by atoms with Crippen LogP contribution in [0, 0.1) is 0 Å². The molecule has 0 unspecified atom stereocenters. The minimum absolute atomic E-state index is 0.0959. The molecule has 0 bridgehead atoms. The van der Waals surface area contributed by atoms with Gasteiger partial charge in [-0.3, -0.25) is 9.59 Å². The van der Waals surface area contributed by atoms with Crippen molar-refractivity contribution in [3.63, 3.8) is 0 Å². The Morgan fingerprint density at radius 1 is 1.15 bits per heavy atom. The smallest absolute Gasteiger partial charge is 0.335 e. The molecule has 0 saturated carbocycles. The molecular weight excluding hydrogens is 344 g/mol. The molecule has 3 rings (SSSR count). The third kappa shape index (κ3) is 4.34. The molecule has 2 aromatic carbocycles. The van der Waals surface area contributed by atoms with E-state index in [1.807, 2.05) is 24.0 Å². The second-order valence-electron chi connectivity index (χ2n) is 6.62. The molecule has 2 amide bonds. The summed E-state index contributed by atoms with van der Waals surface area (Å²) >= 11 is 0. The Kier molecular flexibility index (Phi) is 5.54. The summed E-state index contributed by atoms with van der Waals surface area (Å²) in [7, 11) is 0. The highest BCUT2D eigenvalue weighted by atomic mass is 16.4. The zero-order valence-electron chi connectivity index (χ0n) is 15.2. The predicted octanol–water partition coefficient (Wildman–Crippen LogP) is 3.26. The highest BCUT2D eigenvalue weighted by Crippen LogP contribution is 2.30. The quantitative estimate of drug-likeness (QED) is 0.822. The van der Waals surface area contributed by atoms with Gasteiger partial charge < -0.3 is 15.3 Å². The number of hydrogen-bond acceptors (Lipinski definition) is 3. The molecule has 1 aliphatic heterocycles. The maximum absolute atomic E-state index is 12.3. The lowest BCUT2D eigenvalue weighted by atomic mass is 10.00. The van der Waals surface area contributed by atoms with E-state index in [-0.39, 0.29) is 23.8 Å². The fourth-order valence-corrected chi connectivity index (χ4v) is 3.31. The fourth-order valence-electron chi connectivity index (χ4n) is 3.31. The van der Waals surface area contributed by atoms with Gasteiger partial charge in [0.1, 0.15) is 0 Å². The van der Waals surface area contributed by atoms with Crippen molar-refractivity contribution in [1.29, 1.82) is 0 Å². The number of nitrogens with zero attached hydrogens (tertiary/aromatic N) is 1. The van der Waals surface area contributed by atoms with Crippen LogP contribution in [0.5, 0.6) is 0 Å². The Morgan fingerprint density at radius 3 is 2.70 bits per heavy atom. The summed E-state index contributed by atoms with van der Waals surface area (Å²) < 4.78 is 0. The second-order valence-corrected chi connectivity index (χ2v) is 6.62. The molecule has 0 aromatic heterocycles. The van der Waals surface area contributed by atoms with E-state index in [0.717, 1.165) is 17.7 Å². The van der Waals surface area contributed by atoms with Crippen molar-refractivity contribution in [2.75, 3.05) is 16.8 Å². The summed E-state index contributed by atoms with van der Waals surface area (Å²) in [5.74, 6) is -1.09. The van der Waals surface area contributed by atoms with Gasteiger partial charge >= 0.3 is 5.97 Å². The van der Waals surface area contributed by atoms with Crippen molar-refractivity contribution in [2.45, 2.75) is 32.6 Å². The number of rotatable bonds is 6. The predicted molar refractivity (Wildman–Crippen MR) is 103 cm³/mol. The molecule has 0 atom stereocenters. The normalized spacial score (nSPS) is 13.2. The lowest BCUT2D eigenvalue weighted by Gasteiger charge is -2.29. The summed E-state index contributed by atoms with van der Waals surface area (Å²) in [5, 5.41) is 11.9. The number of carbonyl (C=O) groups excluding carboxylic acids is 2. The van der Waals surface area contributed by atoms with Crippen molar-refractivity contribution in [3.05, 3.63) is 59.2 Å². The van der Waals surface area contributed by atoms with E-state index in [2.05, 4.69) is 5.32 Å². The van der Waals surface area contributed by atoms with E-state index < -0.39 is 5.97 Å². The van der Waals surface area contributed by atoms with Crippen LogP contribution < -0.4 is 10.2 Å². The van der Waals surface area contributed by atoms with Gasteiger partial charge in [-0.05, 0) is 54.3 Å². The van der Waals surface area contributed by atoms with Crippen molar-refractivity contribution >= 4 is 29.2 Å². The number of carbonyl (C=O) groups is 3. The molecule has 1 aliphatic rings. The van der Waals surface area contributed by atoms with Crippen LogP contribution in [0.2, 0.25) is 0 Å². The number of nitrogens with one attached hydrogen (secondary N) is 1. The van der Waals surface area contributed by atoms with E-state index in [1.54, 1.807) is 18.2 Å². The van der Waals surface area contributed by atoms with Crippen LogP contribution in [0.3, 0.4) is 0 Å². The number of carboxylic acids is 1. The minimum Gasteiger partial charge on any atom is -0.478 e. The lowest BCUT2D eigenvalue weighted by molar-refractivity contribution is -0.119. The Bertz CT molecular complexity index is 892. The van der Waals surface area contributed by atoms with Crippen molar-refractivity contribution in [1.82, 2.24) is 0 Å². The van der Waals surface area contributed by atoms with Crippen LogP contribution in [-0.4, -0.2) is 29.4 Å². The number of fused-ring (bicyclic) bond motifs is 1. The number of benzene rings is 2. The number of amides is 2. The average Bonchev–Trinajstić information content (AvgIpc) is 2.64. The molecule has 0 saturated heterocycles.